The normalized spacial score (nSPS) is 46.9. The fourth-order valence-corrected chi connectivity index (χ4v) is 16.7. The zero-order valence-electron chi connectivity index (χ0n) is 53.0. The molecule has 0 aromatic rings. The van der Waals surface area contributed by atoms with Gasteiger partial charge in [-0.25, -0.2) is 0 Å². The average Bonchev–Trinajstić information content (AvgIpc) is 1.69. The number of carbonyl (C=O) groups is 4. The van der Waals surface area contributed by atoms with Crippen LogP contribution in [-0.2, 0) is 66.5 Å². The summed E-state index contributed by atoms with van der Waals surface area (Å²) in [5, 5.41) is 147. The highest BCUT2D eigenvalue weighted by Crippen LogP contribution is 2.68. The molecule has 2 amide bonds. The van der Waals surface area contributed by atoms with E-state index in [4.69, 9.17) is 47.4 Å². The molecule has 29 nitrogen and oxygen atoms in total. The van der Waals surface area contributed by atoms with Crippen LogP contribution in [0.25, 0.3) is 0 Å². The second-order valence-electron chi connectivity index (χ2n) is 28.1. The van der Waals surface area contributed by atoms with Gasteiger partial charge in [-0.1, -0.05) is 45.8 Å². The molecule has 5 aliphatic heterocycles. The molecule has 31 atom stereocenters. The minimum absolute atomic E-state index is 0.00266. The third-order valence-corrected chi connectivity index (χ3v) is 21.4. The lowest BCUT2D eigenvalue weighted by Crippen LogP contribution is -2.68. The van der Waals surface area contributed by atoms with Gasteiger partial charge in [0.05, 0.1) is 39.1 Å². The molecule has 9 rings (SSSR count). The molecule has 0 aromatic heterocycles. The van der Waals surface area contributed by atoms with Crippen molar-refractivity contribution in [3.8, 4) is 0 Å². The van der Waals surface area contributed by atoms with Gasteiger partial charge in [0.1, 0.15) is 116 Å². The SMILES string of the molecule is CC(=O)N[C@H]1[C@H](O[C@@H]2CO[C@@H](O[C@H]3CC[C@]4(C)[C@H]5CC[C@@]6(C)C(=C5CC[C@H]4C3(C)C)C(=O)C[C@@H]6[C@H](C)CC(=O)C=C(C)C)[C@H](O[C@@H]3O[C@H](CO[C@@H]4O[C@H](CO)[C@@H](O)[C@H](O)[C@H]4O[C@@H]4O[C@H](CO)[C@@H](O)[C@H](O)[C@H]4O)[C@@H](O)[C@H](O)[C@H]3NC(C)=O)[C@H]2O)O[C@H](CO)[C@H](O)[C@@H]1O. The summed E-state index contributed by atoms with van der Waals surface area (Å²) in [6.07, 6.45) is -32.8. The van der Waals surface area contributed by atoms with Crippen LogP contribution in [0.2, 0.25) is 0 Å². The molecule has 0 spiro atoms. The van der Waals surface area contributed by atoms with Crippen molar-refractivity contribution in [3.63, 3.8) is 0 Å². The Morgan fingerprint density at radius 1 is 0.604 bits per heavy atom. The van der Waals surface area contributed by atoms with Gasteiger partial charge in [0.15, 0.2) is 43.0 Å². The molecule has 518 valence electrons. The highest BCUT2D eigenvalue weighted by molar-refractivity contribution is 6.01. The third kappa shape index (κ3) is 14.2. The van der Waals surface area contributed by atoms with Gasteiger partial charge in [-0.3, -0.25) is 19.2 Å². The molecular weight excluding hydrogens is 1200 g/mol. The van der Waals surface area contributed by atoms with E-state index in [-0.39, 0.29) is 46.1 Å². The van der Waals surface area contributed by atoms with Crippen LogP contribution in [0.1, 0.15) is 114 Å². The van der Waals surface area contributed by atoms with E-state index in [0.717, 1.165) is 37.8 Å². The van der Waals surface area contributed by atoms with E-state index < -0.39 is 204 Å². The monoisotopic (exact) mass is 1300 g/mol. The number of aliphatic hydroxyl groups excluding tert-OH is 13. The van der Waals surface area contributed by atoms with Crippen molar-refractivity contribution in [2.45, 2.75) is 267 Å². The van der Waals surface area contributed by atoms with Crippen molar-refractivity contribution >= 4 is 23.4 Å². The first-order valence-corrected chi connectivity index (χ1v) is 31.9. The summed E-state index contributed by atoms with van der Waals surface area (Å²) >= 11 is 0. The molecule has 5 heterocycles. The summed E-state index contributed by atoms with van der Waals surface area (Å²) < 4.78 is 61.7. The van der Waals surface area contributed by atoms with Gasteiger partial charge in [0.2, 0.25) is 11.8 Å². The summed E-state index contributed by atoms with van der Waals surface area (Å²) in [6.45, 7) is 13.0. The lowest BCUT2D eigenvalue weighted by atomic mass is 9.44. The van der Waals surface area contributed by atoms with Gasteiger partial charge in [-0.2, -0.15) is 0 Å². The average molecular weight is 1300 g/mol. The zero-order valence-corrected chi connectivity index (χ0v) is 53.0. The first-order chi connectivity index (χ1) is 42.8. The molecule has 3 saturated carbocycles. The van der Waals surface area contributed by atoms with Gasteiger partial charge in [-0.15, -0.1) is 0 Å². The molecule has 29 heteroatoms. The number of carbonyl (C=O) groups excluding carboxylic acids is 4. The molecule has 5 saturated heterocycles. The largest absolute Gasteiger partial charge is 0.394 e. The predicted octanol–water partition coefficient (Wildman–Crippen LogP) is -3.51. The standard InChI is InChI=1S/C62H98N2O27/c1-24(2)16-28(70)17-25(3)31-18-32(71)40-29-10-11-38-60(6,7)39(13-15-61(38,8)30(29)12-14-62(31,40)9)89-59-53(47(76)37(23-83-59)88-55-41(63-26(4)68)48(77)43(72)33(19-65)84-55)90-56-42(64-27(5)69)49(78)46(75)36(87-56)22-82-58-54(51(80)45(74)35(21-67)86-58)91-57-52(81)50(79)44(73)34(20-66)85-57/h16,25,30-31,33-39,41-59,65-67,72-81H,10-15,17-23H2,1-9H3,(H,63,68)(H,64,69)/t25-,30+,31-,33-,34-,35-,36-,37-,38+,39+,41-,42-,43+,44-,45-,46-,47+,48-,49-,50+,51+,52-,53-,54-,55+,56+,57+,58-,59+,61-,62-/m1/s1. The minimum Gasteiger partial charge on any atom is -0.394 e. The Bertz CT molecular complexity index is 2630. The van der Waals surface area contributed by atoms with E-state index in [1.54, 1.807) is 6.08 Å². The van der Waals surface area contributed by atoms with E-state index in [0.29, 0.717) is 38.5 Å². The van der Waals surface area contributed by atoms with E-state index >= 15 is 0 Å². The fraction of sp³-hybridized carbons (Fsp3) is 0.871. The number of ether oxygens (including phenoxy) is 10. The van der Waals surface area contributed by atoms with Crippen LogP contribution < -0.4 is 10.6 Å². The van der Waals surface area contributed by atoms with Crippen molar-refractivity contribution in [2.75, 3.05) is 33.0 Å². The van der Waals surface area contributed by atoms with Gasteiger partial charge < -0.3 is 124 Å². The lowest BCUT2D eigenvalue weighted by molar-refractivity contribution is -0.379. The number of hydrogen-bond donors (Lipinski definition) is 15. The number of nitrogens with one attached hydrogen (secondary N) is 2. The van der Waals surface area contributed by atoms with Crippen molar-refractivity contribution in [2.24, 2.45) is 39.9 Å². The Morgan fingerprint density at radius 3 is 1.73 bits per heavy atom. The van der Waals surface area contributed by atoms with Crippen molar-refractivity contribution < 1.29 is 133 Å². The minimum atomic E-state index is -2.00. The van der Waals surface area contributed by atoms with Crippen LogP contribution in [0.15, 0.2) is 22.8 Å². The van der Waals surface area contributed by atoms with E-state index in [1.807, 2.05) is 13.8 Å². The maximum absolute atomic E-state index is 14.3. The topological polar surface area (TPSA) is 448 Å². The highest BCUT2D eigenvalue weighted by Gasteiger charge is 2.63. The zero-order chi connectivity index (χ0) is 66.7. The van der Waals surface area contributed by atoms with Crippen molar-refractivity contribution in [1.29, 1.82) is 0 Å². The van der Waals surface area contributed by atoms with E-state index in [9.17, 15) is 85.6 Å². The quantitative estimate of drug-likeness (QED) is 0.0415. The summed E-state index contributed by atoms with van der Waals surface area (Å²) in [6, 6.07) is -3.10. The molecule has 8 fully saturated rings. The van der Waals surface area contributed by atoms with Crippen molar-refractivity contribution in [3.05, 3.63) is 22.8 Å². The molecule has 0 unspecified atom stereocenters. The highest BCUT2D eigenvalue weighted by atomic mass is 16.8. The van der Waals surface area contributed by atoms with Gasteiger partial charge >= 0.3 is 0 Å². The molecule has 9 aliphatic rings. The van der Waals surface area contributed by atoms with E-state index in [1.165, 1.54) is 5.57 Å². The maximum atomic E-state index is 14.3. The summed E-state index contributed by atoms with van der Waals surface area (Å²) in [4.78, 5) is 52.8. The predicted molar refractivity (Wildman–Crippen MR) is 309 cm³/mol. The van der Waals surface area contributed by atoms with Crippen LogP contribution in [-0.4, -0.2) is 276 Å². The number of aliphatic hydroxyl groups is 13. The number of ketones is 2. The molecule has 4 aliphatic carbocycles. The number of allylic oxidation sites excluding steroid dienone is 4. The number of fused-ring (bicyclic) bond motifs is 4. The molecule has 15 N–H and O–H groups in total. The first kappa shape index (κ1) is 72.1. The van der Waals surface area contributed by atoms with Gasteiger partial charge in [-0.05, 0) is 98.4 Å². The van der Waals surface area contributed by atoms with Crippen LogP contribution in [0, 0.1) is 39.9 Å². The van der Waals surface area contributed by atoms with E-state index in [2.05, 4.69) is 45.3 Å². The first-order valence-electron chi connectivity index (χ1n) is 31.9. The number of Topliss-reactive ketones (excluding diaryl/α,β-unsaturated/α-hetero) is 1. The van der Waals surface area contributed by atoms with Gasteiger partial charge in [0, 0.05) is 32.3 Å². The lowest BCUT2D eigenvalue weighted by Gasteiger charge is -2.62. The summed E-state index contributed by atoms with van der Waals surface area (Å²) in [7, 11) is 0. The molecule has 0 aromatic carbocycles. The van der Waals surface area contributed by atoms with Crippen LogP contribution >= 0.6 is 0 Å². The molecular formula is C62H98N2O27. The Hall–Kier alpha value is -3.16. The number of hydrogen-bond acceptors (Lipinski definition) is 27. The number of rotatable bonds is 20. The third-order valence-electron chi connectivity index (χ3n) is 21.4. The Morgan fingerprint density at radius 2 is 1.13 bits per heavy atom. The molecule has 0 bridgehead atoms. The Labute approximate surface area is 528 Å². The van der Waals surface area contributed by atoms with Crippen LogP contribution in [0.3, 0.4) is 0 Å². The maximum Gasteiger partial charge on any atom is 0.217 e. The second-order valence-corrected chi connectivity index (χ2v) is 28.1. The van der Waals surface area contributed by atoms with Crippen LogP contribution in [0.5, 0.6) is 0 Å². The molecule has 91 heavy (non-hydrogen) atoms. The smallest absolute Gasteiger partial charge is 0.217 e. The number of amides is 2. The second kappa shape index (κ2) is 28.9. The van der Waals surface area contributed by atoms with Gasteiger partial charge in [0.25, 0.3) is 0 Å². The fourth-order valence-electron chi connectivity index (χ4n) is 16.7. The summed E-state index contributed by atoms with van der Waals surface area (Å²) in [5.74, 6) is -1.07. The Kier molecular flexibility index (Phi) is 22.9. The molecule has 0 radical (unpaired) electrons. The summed E-state index contributed by atoms with van der Waals surface area (Å²) in [5.41, 5.74) is 1.76. The van der Waals surface area contributed by atoms with Crippen LogP contribution in [0.4, 0.5) is 0 Å². The Balaban J connectivity index is 0.990. The van der Waals surface area contributed by atoms with Crippen molar-refractivity contribution in [1.82, 2.24) is 10.6 Å².